The van der Waals surface area contributed by atoms with Gasteiger partial charge in [0.25, 0.3) is 5.91 Å². The lowest BCUT2D eigenvalue weighted by Crippen LogP contribution is -2.11. The molecule has 0 spiro atoms. The number of hydrogen-bond donors (Lipinski definition) is 2. The van der Waals surface area contributed by atoms with Gasteiger partial charge in [0.1, 0.15) is 6.61 Å². The molecule has 2 N–H and O–H groups in total. The summed E-state index contributed by atoms with van der Waals surface area (Å²) in [5, 5.41) is 11.4. The normalized spacial score (nSPS) is 9.50. The molecule has 0 aromatic heterocycles. The molecule has 0 saturated heterocycles. The maximum atomic E-state index is 12.0. The third kappa shape index (κ3) is 3.71. The highest BCUT2D eigenvalue weighted by atomic mass is 16.2. The van der Waals surface area contributed by atoms with Crippen LogP contribution in [0.15, 0.2) is 48.5 Å². The summed E-state index contributed by atoms with van der Waals surface area (Å²) in [6.45, 7) is 1.82. The Morgan fingerprint density at radius 3 is 2.35 bits per heavy atom. The number of anilines is 1. The van der Waals surface area contributed by atoms with E-state index in [1.165, 1.54) is 0 Å². The molecule has 0 aliphatic carbocycles. The molecular weight excluding hydrogens is 250 g/mol. The molecule has 0 aliphatic rings. The third-order valence-corrected chi connectivity index (χ3v) is 2.77. The van der Waals surface area contributed by atoms with Crippen LogP contribution in [0, 0.1) is 18.8 Å². The van der Waals surface area contributed by atoms with Crippen molar-refractivity contribution in [2.75, 3.05) is 11.9 Å². The van der Waals surface area contributed by atoms with Crippen LogP contribution in [0.4, 0.5) is 5.69 Å². The fourth-order valence-electron chi connectivity index (χ4n) is 1.69. The fourth-order valence-corrected chi connectivity index (χ4v) is 1.69. The summed E-state index contributed by atoms with van der Waals surface area (Å²) in [5.41, 5.74) is 3.26. The monoisotopic (exact) mass is 265 g/mol. The first kappa shape index (κ1) is 13.9. The molecule has 0 saturated carbocycles. The van der Waals surface area contributed by atoms with Crippen molar-refractivity contribution < 1.29 is 9.90 Å². The topological polar surface area (TPSA) is 49.3 Å². The van der Waals surface area contributed by atoms with Gasteiger partial charge in [0.15, 0.2) is 0 Å². The van der Waals surface area contributed by atoms with Crippen molar-refractivity contribution in [2.24, 2.45) is 0 Å². The van der Waals surface area contributed by atoms with Crippen LogP contribution in [0.1, 0.15) is 21.5 Å². The minimum Gasteiger partial charge on any atom is -0.384 e. The predicted molar refractivity (Wildman–Crippen MR) is 79.5 cm³/mol. The second-order valence-electron chi connectivity index (χ2n) is 4.36. The van der Waals surface area contributed by atoms with Gasteiger partial charge in [-0.1, -0.05) is 29.5 Å². The van der Waals surface area contributed by atoms with Crippen LogP contribution in [0.3, 0.4) is 0 Å². The van der Waals surface area contributed by atoms with Gasteiger partial charge in [-0.15, -0.1) is 0 Å². The van der Waals surface area contributed by atoms with Gasteiger partial charge in [0.05, 0.1) is 0 Å². The summed E-state index contributed by atoms with van der Waals surface area (Å²) >= 11 is 0. The Balaban J connectivity index is 2.06. The number of amides is 1. The molecule has 100 valence electrons. The number of hydrogen-bond acceptors (Lipinski definition) is 2. The minimum atomic E-state index is -0.161. The zero-order chi connectivity index (χ0) is 14.4. The van der Waals surface area contributed by atoms with Crippen LogP contribution in [-0.4, -0.2) is 17.6 Å². The van der Waals surface area contributed by atoms with E-state index in [9.17, 15) is 4.79 Å². The van der Waals surface area contributed by atoms with Crippen LogP contribution in [0.2, 0.25) is 0 Å². The highest BCUT2D eigenvalue weighted by Gasteiger charge is 2.05. The Kier molecular flexibility index (Phi) is 4.54. The van der Waals surface area contributed by atoms with Crippen LogP contribution in [-0.2, 0) is 0 Å². The average molecular weight is 265 g/mol. The van der Waals surface area contributed by atoms with E-state index in [-0.39, 0.29) is 12.5 Å². The van der Waals surface area contributed by atoms with E-state index in [2.05, 4.69) is 17.2 Å². The van der Waals surface area contributed by atoms with Gasteiger partial charge in [0.2, 0.25) is 0 Å². The Hall–Kier alpha value is -2.57. The van der Waals surface area contributed by atoms with Gasteiger partial charge < -0.3 is 10.4 Å². The summed E-state index contributed by atoms with van der Waals surface area (Å²) in [5.74, 6) is 5.23. The van der Waals surface area contributed by atoms with E-state index in [4.69, 9.17) is 5.11 Å². The number of rotatable bonds is 2. The number of aliphatic hydroxyl groups excluding tert-OH is 1. The van der Waals surface area contributed by atoms with Crippen LogP contribution in [0.25, 0.3) is 0 Å². The van der Waals surface area contributed by atoms with Crippen molar-refractivity contribution >= 4 is 11.6 Å². The second-order valence-corrected chi connectivity index (χ2v) is 4.36. The smallest absolute Gasteiger partial charge is 0.255 e. The molecule has 3 nitrogen and oxygen atoms in total. The number of carbonyl (C=O) groups excluding carboxylic acids is 1. The standard InChI is InChI=1S/C17H15NO2/c1-13-4-8-15(9-5-13)17(20)18-16-10-6-14(7-11-16)3-2-12-19/h4-11,19H,12H2,1H3,(H,18,20). The number of aryl methyl sites for hydroxylation is 1. The van der Waals surface area contributed by atoms with Gasteiger partial charge >= 0.3 is 0 Å². The number of benzene rings is 2. The lowest BCUT2D eigenvalue weighted by atomic mass is 10.1. The van der Waals surface area contributed by atoms with Crippen molar-refractivity contribution in [3.63, 3.8) is 0 Å². The van der Waals surface area contributed by atoms with Crippen molar-refractivity contribution in [2.45, 2.75) is 6.92 Å². The predicted octanol–water partition coefficient (Wildman–Crippen LogP) is 2.59. The third-order valence-electron chi connectivity index (χ3n) is 2.77. The highest BCUT2D eigenvalue weighted by Crippen LogP contribution is 2.11. The molecule has 0 fully saturated rings. The summed E-state index contributed by atoms with van der Waals surface area (Å²) in [4.78, 5) is 12.0. The van der Waals surface area contributed by atoms with Crippen molar-refractivity contribution in [3.8, 4) is 11.8 Å². The number of carbonyl (C=O) groups is 1. The Morgan fingerprint density at radius 2 is 1.75 bits per heavy atom. The van der Waals surface area contributed by atoms with Crippen molar-refractivity contribution in [1.29, 1.82) is 0 Å². The maximum absolute atomic E-state index is 12.0. The van der Waals surface area contributed by atoms with Crippen molar-refractivity contribution in [1.82, 2.24) is 0 Å². The average Bonchev–Trinajstić information content (AvgIpc) is 2.47. The molecule has 0 unspecified atom stereocenters. The molecule has 0 bridgehead atoms. The Labute approximate surface area is 118 Å². The first-order chi connectivity index (χ1) is 9.69. The lowest BCUT2D eigenvalue weighted by Gasteiger charge is -2.05. The molecule has 0 atom stereocenters. The molecule has 20 heavy (non-hydrogen) atoms. The van der Waals surface area contributed by atoms with E-state index in [1.54, 1.807) is 36.4 Å². The number of aliphatic hydroxyl groups is 1. The molecule has 2 rings (SSSR count). The van der Waals surface area contributed by atoms with E-state index < -0.39 is 0 Å². The summed E-state index contributed by atoms with van der Waals surface area (Å²) in [7, 11) is 0. The zero-order valence-corrected chi connectivity index (χ0v) is 11.2. The lowest BCUT2D eigenvalue weighted by molar-refractivity contribution is 0.102. The van der Waals surface area contributed by atoms with E-state index >= 15 is 0 Å². The van der Waals surface area contributed by atoms with E-state index in [0.29, 0.717) is 11.3 Å². The first-order valence-electron chi connectivity index (χ1n) is 6.27. The Morgan fingerprint density at radius 1 is 1.10 bits per heavy atom. The van der Waals surface area contributed by atoms with Gasteiger partial charge in [-0.2, -0.15) is 0 Å². The van der Waals surface area contributed by atoms with Crippen LogP contribution >= 0.6 is 0 Å². The molecule has 0 aliphatic heterocycles. The van der Waals surface area contributed by atoms with Gasteiger partial charge in [-0.05, 0) is 43.3 Å². The van der Waals surface area contributed by atoms with Gasteiger partial charge in [-0.3, -0.25) is 4.79 Å². The Bertz CT molecular complexity index is 646. The quantitative estimate of drug-likeness (QED) is 0.820. The largest absolute Gasteiger partial charge is 0.384 e. The molecule has 0 radical (unpaired) electrons. The highest BCUT2D eigenvalue weighted by molar-refractivity contribution is 6.04. The maximum Gasteiger partial charge on any atom is 0.255 e. The SMILES string of the molecule is Cc1ccc(C(=O)Nc2ccc(C#CCO)cc2)cc1. The molecule has 0 heterocycles. The molecule has 2 aromatic rings. The van der Waals surface area contributed by atoms with E-state index in [0.717, 1.165) is 11.1 Å². The molecule has 2 aromatic carbocycles. The zero-order valence-electron chi connectivity index (χ0n) is 11.2. The summed E-state index contributed by atoms with van der Waals surface area (Å²) in [6.07, 6.45) is 0. The number of nitrogens with one attached hydrogen (secondary N) is 1. The minimum absolute atomic E-state index is 0.140. The molecule has 3 heteroatoms. The second kappa shape index (κ2) is 6.55. The summed E-state index contributed by atoms with van der Waals surface area (Å²) in [6, 6.07) is 14.6. The van der Waals surface area contributed by atoms with Crippen LogP contribution in [0.5, 0.6) is 0 Å². The van der Waals surface area contributed by atoms with Gasteiger partial charge in [0, 0.05) is 16.8 Å². The van der Waals surface area contributed by atoms with Crippen molar-refractivity contribution in [3.05, 3.63) is 65.2 Å². The van der Waals surface area contributed by atoms with E-state index in [1.807, 2.05) is 19.1 Å². The molecular formula is C17H15NO2. The van der Waals surface area contributed by atoms with Gasteiger partial charge in [-0.25, -0.2) is 0 Å². The molecule has 1 amide bonds. The summed E-state index contributed by atoms with van der Waals surface area (Å²) < 4.78 is 0. The fraction of sp³-hybridized carbons (Fsp3) is 0.118. The first-order valence-corrected chi connectivity index (χ1v) is 6.27. The van der Waals surface area contributed by atoms with Crippen LogP contribution < -0.4 is 5.32 Å².